The number of piperidine rings is 1. The Morgan fingerprint density at radius 1 is 0.941 bits per heavy atom. The molecule has 7 heteroatoms. The SMILES string of the molecule is COc1ccc(N(C(=O)c2ccccc2OC)C2CCN(Cc3cccnc3)CC2)cc1OC. The summed E-state index contributed by atoms with van der Waals surface area (Å²) in [5, 5.41) is 0. The molecule has 4 rings (SSSR count). The number of likely N-dealkylation sites (tertiary alicyclic amines) is 1. The topological polar surface area (TPSA) is 64.1 Å². The lowest BCUT2D eigenvalue weighted by atomic mass is 10.00. The number of anilines is 1. The molecule has 0 spiro atoms. The van der Waals surface area contributed by atoms with E-state index < -0.39 is 0 Å². The number of carbonyl (C=O) groups excluding carboxylic acids is 1. The van der Waals surface area contributed by atoms with Crippen LogP contribution in [0.5, 0.6) is 17.2 Å². The van der Waals surface area contributed by atoms with Crippen LogP contribution in [0.2, 0.25) is 0 Å². The number of nitrogens with zero attached hydrogens (tertiary/aromatic N) is 3. The summed E-state index contributed by atoms with van der Waals surface area (Å²) in [7, 11) is 4.79. The van der Waals surface area contributed by atoms with Gasteiger partial charge in [0.2, 0.25) is 0 Å². The Bertz CT molecular complexity index is 1100. The molecule has 0 atom stereocenters. The first-order valence-corrected chi connectivity index (χ1v) is 11.4. The fraction of sp³-hybridized carbons (Fsp3) is 0.333. The van der Waals surface area contributed by atoms with Crippen molar-refractivity contribution in [3.63, 3.8) is 0 Å². The molecule has 0 N–H and O–H groups in total. The first-order chi connectivity index (χ1) is 16.6. The van der Waals surface area contributed by atoms with Gasteiger partial charge in [0.05, 0.1) is 26.9 Å². The van der Waals surface area contributed by atoms with Gasteiger partial charge in [-0.2, -0.15) is 0 Å². The third-order valence-electron chi connectivity index (χ3n) is 6.25. The number of amides is 1. The number of methoxy groups -OCH3 is 3. The van der Waals surface area contributed by atoms with E-state index in [-0.39, 0.29) is 11.9 Å². The summed E-state index contributed by atoms with van der Waals surface area (Å²) in [6.07, 6.45) is 5.42. The zero-order valence-corrected chi connectivity index (χ0v) is 19.9. The molecule has 0 unspecified atom stereocenters. The molecule has 1 aliphatic rings. The first-order valence-electron chi connectivity index (χ1n) is 11.4. The van der Waals surface area contributed by atoms with Gasteiger partial charge in [-0.3, -0.25) is 14.7 Å². The molecule has 2 aromatic carbocycles. The lowest BCUT2D eigenvalue weighted by Gasteiger charge is -2.39. The van der Waals surface area contributed by atoms with Gasteiger partial charge in [0.15, 0.2) is 11.5 Å². The number of pyridine rings is 1. The second-order valence-electron chi connectivity index (χ2n) is 8.28. The Hall–Kier alpha value is -3.58. The van der Waals surface area contributed by atoms with Crippen molar-refractivity contribution in [2.75, 3.05) is 39.3 Å². The van der Waals surface area contributed by atoms with Gasteiger partial charge in [-0.25, -0.2) is 0 Å². The van der Waals surface area contributed by atoms with Crippen molar-refractivity contribution < 1.29 is 19.0 Å². The van der Waals surface area contributed by atoms with E-state index in [9.17, 15) is 4.79 Å². The van der Waals surface area contributed by atoms with Crippen molar-refractivity contribution in [3.05, 3.63) is 78.1 Å². The minimum absolute atomic E-state index is 0.0423. The van der Waals surface area contributed by atoms with Crippen LogP contribution in [0.4, 0.5) is 5.69 Å². The molecule has 0 radical (unpaired) electrons. The van der Waals surface area contributed by atoms with Crippen molar-refractivity contribution in [1.82, 2.24) is 9.88 Å². The first kappa shape index (κ1) is 23.6. The normalized spacial score (nSPS) is 14.4. The highest BCUT2D eigenvalue weighted by molar-refractivity contribution is 6.08. The number of carbonyl (C=O) groups is 1. The van der Waals surface area contributed by atoms with Crippen molar-refractivity contribution in [3.8, 4) is 17.2 Å². The van der Waals surface area contributed by atoms with E-state index in [1.807, 2.05) is 59.6 Å². The summed E-state index contributed by atoms with van der Waals surface area (Å²) >= 11 is 0. The molecular formula is C27H31N3O4. The number of hydrogen-bond acceptors (Lipinski definition) is 6. The molecule has 0 saturated carbocycles. The highest BCUT2D eigenvalue weighted by Crippen LogP contribution is 2.35. The third kappa shape index (κ3) is 5.15. The molecule has 34 heavy (non-hydrogen) atoms. The summed E-state index contributed by atoms with van der Waals surface area (Å²) in [4.78, 5) is 22.4. The molecule has 1 saturated heterocycles. The predicted molar refractivity (Wildman–Crippen MR) is 132 cm³/mol. The molecule has 2 heterocycles. The monoisotopic (exact) mass is 461 g/mol. The summed E-state index contributed by atoms with van der Waals surface area (Å²) in [5.74, 6) is 1.69. The van der Waals surface area contributed by atoms with Crippen LogP contribution in [0.1, 0.15) is 28.8 Å². The van der Waals surface area contributed by atoms with E-state index in [2.05, 4.69) is 16.0 Å². The van der Waals surface area contributed by atoms with Crippen LogP contribution in [-0.4, -0.2) is 56.3 Å². The van der Waals surface area contributed by atoms with Crippen LogP contribution in [0.3, 0.4) is 0 Å². The lowest BCUT2D eigenvalue weighted by Crippen LogP contribution is -2.47. The number of hydrogen-bond donors (Lipinski definition) is 0. The maximum absolute atomic E-state index is 13.9. The van der Waals surface area contributed by atoms with Crippen molar-refractivity contribution in [1.29, 1.82) is 0 Å². The third-order valence-corrected chi connectivity index (χ3v) is 6.25. The Morgan fingerprint density at radius 2 is 1.68 bits per heavy atom. The Morgan fingerprint density at radius 3 is 2.35 bits per heavy atom. The van der Waals surface area contributed by atoms with Crippen LogP contribution in [0, 0.1) is 0 Å². The van der Waals surface area contributed by atoms with Gasteiger partial charge in [0.25, 0.3) is 5.91 Å². The van der Waals surface area contributed by atoms with Gasteiger partial charge in [-0.1, -0.05) is 18.2 Å². The number of aromatic nitrogens is 1. The van der Waals surface area contributed by atoms with Gasteiger partial charge in [-0.05, 0) is 48.7 Å². The second kappa shape index (κ2) is 11.0. The fourth-order valence-corrected chi connectivity index (χ4v) is 4.51. The van der Waals surface area contributed by atoms with Crippen LogP contribution in [-0.2, 0) is 6.54 Å². The van der Waals surface area contributed by atoms with Crippen molar-refractivity contribution >= 4 is 11.6 Å². The van der Waals surface area contributed by atoms with E-state index in [4.69, 9.17) is 14.2 Å². The molecule has 1 aliphatic heterocycles. The molecule has 7 nitrogen and oxygen atoms in total. The summed E-state index contributed by atoms with van der Waals surface area (Å²) in [6.45, 7) is 2.64. The Kier molecular flexibility index (Phi) is 7.65. The van der Waals surface area contributed by atoms with E-state index in [0.29, 0.717) is 22.8 Å². The summed E-state index contributed by atoms with van der Waals surface area (Å²) < 4.78 is 16.4. The van der Waals surface area contributed by atoms with E-state index >= 15 is 0 Å². The highest BCUT2D eigenvalue weighted by atomic mass is 16.5. The summed E-state index contributed by atoms with van der Waals surface area (Å²) in [6, 6.07) is 17.1. The van der Waals surface area contributed by atoms with Crippen LogP contribution in [0.25, 0.3) is 0 Å². The van der Waals surface area contributed by atoms with Crippen LogP contribution >= 0.6 is 0 Å². The maximum Gasteiger partial charge on any atom is 0.262 e. The Balaban J connectivity index is 1.61. The lowest BCUT2D eigenvalue weighted by molar-refractivity contribution is 0.0955. The standard InChI is InChI=1S/C27H31N3O4/c1-32-24-9-5-4-8-23(24)27(31)30(22-10-11-25(33-2)26(17-22)34-3)21-12-15-29(16-13-21)19-20-7-6-14-28-18-20/h4-11,14,17-18,21H,12-13,15-16,19H2,1-3H3. The van der Waals surface area contributed by atoms with Gasteiger partial charge >= 0.3 is 0 Å². The largest absolute Gasteiger partial charge is 0.496 e. The van der Waals surface area contributed by atoms with Crippen molar-refractivity contribution in [2.45, 2.75) is 25.4 Å². The minimum atomic E-state index is -0.0876. The maximum atomic E-state index is 13.9. The average Bonchev–Trinajstić information content (AvgIpc) is 2.90. The molecule has 0 bridgehead atoms. The second-order valence-corrected chi connectivity index (χ2v) is 8.28. The molecule has 1 aromatic heterocycles. The number of para-hydroxylation sites is 1. The fourth-order valence-electron chi connectivity index (χ4n) is 4.51. The zero-order chi connectivity index (χ0) is 23.9. The number of ether oxygens (including phenoxy) is 3. The minimum Gasteiger partial charge on any atom is -0.496 e. The Labute approximate surface area is 200 Å². The van der Waals surface area contributed by atoms with Gasteiger partial charge in [-0.15, -0.1) is 0 Å². The predicted octanol–water partition coefficient (Wildman–Crippen LogP) is 4.42. The smallest absolute Gasteiger partial charge is 0.262 e. The van der Waals surface area contributed by atoms with Crippen LogP contribution in [0.15, 0.2) is 67.0 Å². The van der Waals surface area contributed by atoms with Crippen molar-refractivity contribution in [2.24, 2.45) is 0 Å². The zero-order valence-electron chi connectivity index (χ0n) is 19.9. The van der Waals surface area contributed by atoms with E-state index in [0.717, 1.165) is 38.2 Å². The van der Waals surface area contributed by atoms with Crippen LogP contribution < -0.4 is 19.1 Å². The van der Waals surface area contributed by atoms with E-state index in [1.165, 1.54) is 5.56 Å². The molecule has 0 aliphatic carbocycles. The molecule has 178 valence electrons. The molecule has 3 aromatic rings. The highest BCUT2D eigenvalue weighted by Gasteiger charge is 2.31. The molecule has 1 amide bonds. The van der Waals surface area contributed by atoms with Gasteiger partial charge in [0.1, 0.15) is 5.75 Å². The quantitative estimate of drug-likeness (QED) is 0.495. The molecular weight excluding hydrogens is 430 g/mol. The average molecular weight is 462 g/mol. The number of benzene rings is 2. The van der Waals surface area contributed by atoms with Gasteiger partial charge < -0.3 is 19.1 Å². The summed E-state index contributed by atoms with van der Waals surface area (Å²) in [5.41, 5.74) is 2.51. The van der Waals surface area contributed by atoms with Gasteiger partial charge in [0, 0.05) is 49.8 Å². The molecule has 1 fully saturated rings. The van der Waals surface area contributed by atoms with E-state index in [1.54, 1.807) is 27.5 Å². The number of rotatable bonds is 8.